The van der Waals surface area contributed by atoms with E-state index in [9.17, 15) is 4.79 Å². The third-order valence-electron chi connectivity index (χ3n) is 3.32. The number of para-hydroxylation sites is 1. The first kappa shape index (κ1) is 14.8. The van der Waals surface area contributed by atoms with Gasteiger partial charge in [0, 0.05) is 30.5 Å². The molecule has 1 aromatic carbocycles. The first-order valence-electron chi connectivity index (χ1n) is 7.22. The van der Waals surface area contributed by atoms with Crippen LogP contribution in [-0.4, -0.2) is 22.4 Å². The van der Waals surface area contributed by atoms with E-state index in [1.165, 1.54) is 6.26 Å². The van der Waals surface area contributed by atoms with Gasteiger partial charge in [-0.2, -0.15) is 0 Å². The molecular weight excluding hydrogens is 292 g/mol. The maximum absolute atomic E-state index is 12.1. The number of amides is 1. The maximum atomic E-state index is 12.1. The van der Waals surface area contributed by atoms with Crippen LogP contribution in [0, 0.1) is 0 Å². The standard InChI is InChI=1S/C17H16N4O2/c18-14-7-2-1-6-13(14)17-21-15(11-23-17)16(22)20-10-8-12-5-3-4-9-19-12/h1-7,9,11H,8,10,18H2,(H,20,22). The van der Waals surface area contributed by atoms with Crippen molar-refractivity contribution in [2.75, 3.05) is 12.3 Å². The number of carbonyl (C=O) groups excluding carboxylic acids is 1. The second kappa shape index (κ2) is 6.74. The second-order valence-electron chi connectivity index (χ2n) is 4.95. The topological polar surface area (TPSA) is 94.0 Å². The van der Waals surface area contributed by atoms with Crippen LogP contribution >= 0.6 is 0 Å². The molecule has 116 valence electrons. The minimum absolute atomic E-state index is 0.226. The molecule has 2 aromatic heterocycles. The summed E-state index contributed by atoms with van der Waals surface area (Å²) in [6, 6.07) is 12.9. The normalized spacial score (nSPS) is 10.4. The van der Waals surface area contributed by atoms with Gasteiger partial charge < -0.3 is 15.5 Å². The third kappa shape index (κ3) is 3.55. The van der Waals surface area contributed by atoms with Gasteiger partial charge in [0.2, 0.25) is 5.89 Å². The zero-order valence-electron chi connectivity index (χ0n) is 12.4. The van der Waals surface area contributed by atoms with Crippen LogP contribution in [0.25, 0.3) is 11.5 Å². The third-order valence-corrected chi connectivity index (χ3v) is 3.32. The number of hydrogen-bond donors (Lipinski definition) is 2. The van der Waals surface area contributed by atoms with Crippen molar-refractivity contribution in [1.29, 1.82) is 0 Å². The largest absolute Gasteiger partial charge is 0.444 e. The van der Waals surface area contributed by atoms with Gasteiger partial charge in [-0.25, -0.2) is 4.98 Å². The lowest BCUT2D eigenvalue weighted by molar-refractivity contribution is 0.0949. The van der Waals surface area contributed by atoms with E-state index in [0.717, 1.165) is 5.69 Å². The number of hydrogen-bond acceptors (Lipinski definition) is 5. The van der Waals surface area contributed by atoms with Crippen molar-refractivity contribution in [2.24, 2.45) is 0 Å². The molecule has 0 atom stereocenters. The zero-order valence-corrected chi connectivity index (χ0v) is 12.4. The molecule has 0 aliphatic rings. The number of aromatic nitrogens is 2. The molecule has 0 fully saturated rings. The quantitative estimate of drug-likeness (QED) is 0.705. The Morgan fingerprint density at radius 3 is 2.78 bits per heavy atom. The molecule has 1 amide bonds. The molecule has 0 saturated carbocycles. The Labute approximate surface area is 133 Å². The fourth-order valence-corrected chi connectivity index (χ4v) is 2.13. The number of oxazole rings is 1. The van der Waals surface area contributed by atoms with Crippen LogP contribution in [0.15, 0.2) is 59.3 Å². The van der Waals surface area contributed by atoms with Crippen molar-refractivity contribution in [1.82, 2.24) is 15.3 Å². The number of rotatable bonds is 5. The van der Waals surface area contributed by atoms with E-state index in [-0.39, 0.29) is 11.6 Å². The number of nitrogens with two attached hydrogens (primary N) is 1. The highest BCUT2D eigenvalue weighted by Gasteiger charge is 2.14. The summed E-state index contributed by atoms with van der Waals surface area (Å²) in [6.07, 6.45) is 3.71. The Bertz CT molecular complexity index is 799. The number of benzene rings is 1. The first-order chi connectivity index (χ1) is 11.2. The summed E-state index contributed by atoms with van der Waals surface area (Å²) in [7, 11) is 0. The molecule has 3 rings (SSSR count). The van der Waals surface area contributed by atoms with Crippen LogP contribution in [0.5, 0.6) is 0 Å². The first-order valence-corrected chi connectivity index (χ1v) is 7.22. The molecule has 0 unspecified atom stereocenters. The Morgan fingerprint density at radius 2 is 2.00 bits per heavy atom. The van der Waals surface area contributed by atoms with Crippen molar-refractivity contribution in [3.05, 3.63) is 66.3 Å². The molecule has 2 heterocycles. The van der Waals surface area contributed by atoms with Gasteiger partial charge in [0.1, 0.15) is 6.26 Å². The van der Waals surface area contributed by atoms with Gasteiger partial charge in [-0.05, 0) is 24.3 Å². The fraction of sp³-hybridized carbons (Fsp3) is 0.118. The number of anilines is 1. The second-order valence-corrected chi connectivity index (χ2v) is 4.95. The number of nitrogens with zero attached hydrogens (tertiary/aromatic N) is 2. The van der Waals surface area contributed by atoms with E-state index in [1.54, 1.807) is 18.3 Å². The van der Waals surface area contributed by atoms with Crippen LogP contribution < -0.4 is 11.1 Å². The molecule has 0 aliphatic heterocycles. The van der Waals surface area contributed by atoms with E-state index in [2.05, 4.69) is 15.3 Å². The number of nitrogen functional groups attached to an aromatic ring is 1. The highest BCUT2D eigenvalue weighted by Crippen LogP contribution is 2.24. The molecule has 3 N–H and O–H groups in total. The van der Waals surface area contributed by atoms with Gasteiger partial charge in [-0.3, -0.25) is 9.78 Å². The lowest BCUT2D eigenvalue weighted by Crippen LogP contribution is -2.26. The molecule has 23 heavy (non-hydrogen) atoms. The Balaban J connectivity index is 1.62. The molecule has 0 spiro atoms. The predicted octanol–water partition coefficient (Wildman–Crippen LogP) is 2.29. The van der Waals surface area contributed by atoms with Crippen LogP contribution in [0.3, 0.4) is 0 Å². The summed E-state index contributed by atoms with van der Waals surface area (Å²) in [5.41, 5.74) is 8.24. The average molecular weight is 308 g/mol. The summed E-state index contributed by atoms with van der Waals surface area (Å²) in [5.74, 6) is 0.0448. The van der Waals surface area contributed by atoms with Gasteiger partial charge in [0.25, 0.3) is 5.91 Å². The van der Waals surface area contributed by atoms with Gasteiger partial charge in [-0.1, -0.05) is 18.2 Å². The van der Waals surface area contributed by atoms with Crippen LogP contribution in [0.2, 0.25) is 0 Å². The van der Waals surface area contributed by atoms with Crippen molar-refractivity contribution >= 4 is 11.6 Å². The molecule has 6 nitrogen and oxygen atoms in total. The maximum Gasteiger partial charge on any atom is 0.273 e. The van der Waals surface area contributed by atoms with Crippen LogP contribution in [0.4, 0.5) is 5.69 Å². The molecular formula is C17H16N4O2. The average Bonchev–Trinajstić information content (AvgIpc) is 3.06. The van der Waals surface area contributed by atoms with Crippen molar-refractivity contribution in [3.63, 3.8) is 0 Å². The molecule has 0 saturated heterocycles. The Morgan fingerprint density at radius 1 is 1.17 bits per heavy atom. The highest BCUT2D eigenvalue weighted by atomic mass is 16.3. The summed E-state index contributed by atoms with van der Waals surface area (Å²) in [6.45, 7) is 0.478. The van der Waals surface area contributed by atoms with Gasteiger partial charge in [-0.15, -0.1) is 0 Å². The monoisotopic (exact) mass is 308 g/mol. The summed E-state index contributed by atoms with van der Waals surface area (Å²) >= 11 is 0. The molecule has 6 heteroatoms. The molecule has 3 aromatic rings. The highest BCUT2D eigenvalue weighted by molar-refractivity contribution is 5.92. The Hall–Kier alpha value is -3.15. The van der Waals surface area contributed by atoms with Crippen molar-refractivity contribution in [2.45, 2.75) is 6.42 Å². The zero-order chi connectivity index (χ0) is 16.1. The number of carbonyl (C=O) groups is 1. The van der Waals surface area contributed by atoms with E-state index in [0.29, 0.717) is 30.1 Å². The summed E-state index contributed by atoms with van der Waals surface area (Å²) in [5, 5.41) is 2.79. The lowest BCUT2D eigenvalue weighted by atomic mass is 10.2. The van der Waals surface area contributed by atoms with Crippen LogP contribution in [0.1, 0.15) is 16.2 Å². The van der Waals surface area contributed by atoms with Crippen molar-refractivity contribution < 1.29 is 9.21 Å². The van der Waals surface area contributed by atoms with E-state index in [4.69, 9.17) is 10.2 Å². The smallest absolute Gasteiger partial charge is 0.273 e. The molecule has 0 aliphatic carbocycles. The SMILES string of the molecule is Nc1ccccc1-c1nc(C(=O)NCCc2ccccn2)co1. The van der Waals surface area contributed by atoms with E-state index >= 15 is 0 Å². The number of nitrogens with one attached hydrogen (secondary N) is 1. The number of pyridine rings is 1. The minimum Gasteiger partial charge on any atom is -0.444 e. The molecule has 0 bridgehead atoms. The minimum atomic E-state index is -0.287. The van der Waals surface area contributed by atoms with Gasteiger partial charge >= 0.3 is 0 Å². The van der Waals surface area contributed by atoms with Crippen molar-refractivity contribution in [3.8, 4) is 11.5 Å². The summed E-state index contributed by atoms with van der Waals surface area (Å²) < 4.78 is 5.35. The van der Waals surface area contributed by atoms with E-state index in [1.807, 2.05) is 30.3 Å². The summed E-state index contributed by atoms with van der Waals surface area (Å²) in [4.78, 5) is 20.5. The predicted molar refractivity (Wildman–Crippen MR) is 86.6 cm³/mol. The van der Waals surface area contributed by atoms with Crippen LogP contribution in [-0.2, 0) is 6.42 Å². The molecule has 0 radical (unpaired) electrons. The van der Waals surface area contributed by atoms with Gasteiger partial charge in [0.05, 0.1) is 5.56 Å². The fourth-order valence-electron chi connectivity index (χ4n) is 2.13. The Kier molecular flexibility index (Phi) is 4.33. The van der Waals surface area contributed by atoms with E-state index < -0.39 is 0 Å². The lowest BCUT2D eigenvalue weighted by Gasteiger charge is -2.02. The van der Waals surface area contributed by atoms with Gasteiger partial charge in [0.15, 0.2) is 5.69 Å².